The van der Waals surface area contributed by atoms with Gasteiger partial charge in [0.25, 0.3) is 0 Å². The molecule has 2 heterocycles. The molecule has 1 aromatic heterocycles. The Morgan fingerprint density at radius 3 is 2.88 bits per heavy atom. The van der Waals surface area contributed by atoms with Gasteiger partial charge < -0.3 is 10.6 Å². The molecule has 0 spiro atoms. The van der Waals surface area contributed by atoms with E-state index in [9.17, 15) is 0 Å². The first-order valence-electron chi connectivity index (χ1n) is 5.69. The summed E-state index contributed by atoms with van der Waals surface area (Å²) < 4.78 is 0. The van der Waals surface area contributed by atoms with Crippen LogP contribution < -0.4 is 10.6 Å². The van der Waals surface area contributed by atoms with Crippen molar-refractivity contribution in [3.8, 4) is 0 Å². The smallest absolute Gasteiger partial charge is 0.129 e. The summed E-state index contributed by atoms with van der Waals surface area (Å²) in [4.78, 5) is 6.92. The van der Waals surface area contributed by atoms with E-state index in [0.29, 0.717) is 6.04 Å². The summed E-state index contributed by atoms with van der Waals surface area (Å²) in [5, 5.41) is 1.19. The Kier molecular flexibility index (Phi) is 2.26. The lowest BCUT2D eigenvalue weighted by molar-refractivity contribution is 0.751. The number of pyridine rings is 1. The molecule has 16 heavy (non-hydrogen) atoms. The minimum absolute atomic E-state index is 0.299. The fourth-order valence-electron chi connectivity index (χ4n) is 2.23. The van der Waals surface area contributed by atoms with Gasteiger partial charge in [-0.3, -0.25) is 0 Å². The molecule has 0 amide bonds. The second-order valence-corrected chi connectivity index (χ2v) is 4.36. The molecule has 1 unspecified atom stereocenters. The lowest BCUT2D eigenvalue weighted by Crippen LogP contribution is -2.26. The molecule has 1 atom stereocenters. The lowest BCUT2D eigenvalue weighted by Gasteiger charge is -2.17. The quantitative estimate of drug-likeness (QED) is 0.785. The number of anilines is 1. The highest BCUT2D eigenvalue weighted by Gasteiger charge is 2.20. The first-order chi connectivity index (χ1) is 7.83. The highest BCUT2D eigenvalue weighted by molar-refractivity contribution is 5.80. The summed E-state index contributed by atoms with van der Waals surface area (Å²) in [6.07, 6.45) is 1.06. The Balaban J connectivity index is 1.99. The summed E-state index contributed by atoms with van der Waals surface area (Å²) in [6, 6.07) is 12.7. The predicted molar refractivity (Wildman–Crippen MR) is 66.5 cm³/mol. The van der Waals surface area contributed by atoms with Crippen LogP contribution in [0.1, 0.15) is 6.42 Å². The Labute approximate surface area is 94.9 Å². The van der Waals surface area contributed by atoms with E-state index >= 15 is 0 Å². The number of fused-ring (bicyclic) bond motifs is 1. The molecule has 2 N–H and O–H groups in total. The molecular weight excluding hydrogens is 198 g/mol. The van der Waals surface area contributed by atoms with Crippen molar-refractivity contribution in [3.63, 3.8) is 0 Å². The second-order valence-electron chi connectivity index (χ2n) is 4.36. The molecule has 82 valence electrons. The number of nitrogens with zero attached hydrogens (tertiary/aromatic N) is 2. The third kappa shape index (κ3) is 1.63. The van der Waals surface area contributed by atoms with Gasteiger partial charge in [0.1, 0.15) is 5.82 Å². The Hall–Kier alpha value is -1.61. The van der Waals surface area contributed by atoms with Crippen LogP contribution in [0.15, 0.2) is 36.4 Å². The van der Waals surface area contributed by atoms with Crippen LogP contribution in [0.3, 0.4) is 0 Å². The van der Waals surface area contributed by atoms with Crippen molar-refractivity contribution in [2.45, 2.75) is 12.5 Å². The van der Waals surface area contributed by atoms with E-state index < -0.39 is 0 Å². The minimum atomic E-state index is 0.299. The fraction of sp³-hybridized carbons (Fsp3) is 0.308. The number of aromatic nitrogens is 1. The zero-order chi connectivity index (χ0) is 11.0. The van der Waals surface area contributed by atoms with Crippen LogP contribution in [0.5, 0.6) is 0 Å². The SMILES string of the molecule is NC1CCN(c2ccc3ccccc3n2)C1. The highest BCUT2D eigenvalue weighted by atomic mass is 15.2. The van der Waals surface area contributed by atoms with Crippen molar-refractivity contribution < 1.29 is 0 Å². The standard InChI is InChI=1S/C13H15N3/c14-11-7-8-16(9-11)13-6-5-10-3-1-2-4-12(10)15-13/h1-6,11H,7-9,14H2. The number of benzene rings is 1. The average molecular weight is 213 g/mol. The third-order valence-corrected chi connectivity index (χ3v) is 3.13. The zero-order valence-electron chi connectivity index (χ0n) is 9.13. The zero-order valence-corrected chi connectivity index (χ0v) is 9.13. The molecule has 2 aromatic rings. The fourth-order valence-corrected chi connectivity index (χ4v) is 2.23. The molecular formula is C13H15N3. The van der Waals surface area contributed by atoms with Crippen molar-refractivity contribution in [2.75, 3.05) is 18.0 Å². The molecule has 1 aromatic carbocycles. The maximum absolute atomic E-state index is 5.91. The minimum Gasteiger partial charge on any atom is -0.355 e. The van der Waals surface area contributed by atoms with Crippen LogP contribution in [0, 0.1) is 0 Å². The van der Waals surface area contributed by atoms with Crippen molar-refractivity contribution in [3.05, 3.63) is 36.4 Å². The maximum Gasteiger partial charge on any atom is 0.129 e. The molecule has 0 bridgehead atoms. The summed E-state index contributed by atoms with van der Waals surface area (Å²) in [6.45, 7) is 1.94. The van der Waals surface area contributed by atoms with Crippen LogP contribution in [0.4, 0.5) is 5.82 Å². The van der Waals surface area contributed by atoms with E-state index in [2.05, 4.69) is 34.1 Å². The van der Waals surface area contributed by atoms with Gasteiger partial charge in [-0.25, -0.2) is 4.98 Å². The van der Waals surface area contributed by atoms with Gasteiger partial charge in [0.05, 0.1) is 5.52 Å². The third-order valence-electron chi connectivity index (χ3n) is 3.13. The largest absolute Gasteiger partial charge is 0.355 e. The van der Waals surface area contributed by atoms with E-state index in [1.54, 1.807) is 0 Å². The van der Waals surface area contributed by atoms with Crippen LogP contribution in [0.25, 0.3) is 10.9 Å². The normalized spacial score (nSPS) is 20.6. The molecule has 0 aliphatic carbocycles. The molecule has 0 saturated carbocycles. The monoisotopic (exact) mass is 213 g/mol. The predicted octanol–water partition coefficient (Wildman–Crippen LogP) is 1.77. The number of rotatable bonds is 1. The van der Waals surface area contributed by atoms with E-state index in [1.807, 2.05) is 12.1 Å². The van der Waals surface area contributed by atoms with Gasteiger partial charge >= 0.3 is 0 Å². The highest BCUT2D eigenvalue weighted by Crippen LogP contribution is 2.20. The average Bonchev–Trinajstić information content (AvgIpc) is 2.75. The van der Waals surface area contributed by atoms with Crippen molar-refractivity contribution >= 4 is 16.7 Å². The molecule has 3 nitrogen and oxygen atoms in total. The Morgan fingerprint density at radius 1 is 1.19 bits per heavy atom. The van der Waals surface area contributed by atoms with Gasteiger partial charge in [-0.05, 0) is 24.6 Å². The molecule has 0 radical (unpaired) electrons. The van der Waals surface area contributed by atoms with Gasteiger partial charge in [-0.15, -0.1) is 0 Å². The molecule has 1 saturated heterocycles. The molecule has 1 fully saturated rings. The van der Waals surface area contributed by atoms with E-state index in [0.717, 1.165) is 30.8 Å². The molecule has 1 aliphatic rings. The van der Waals surface area contributed by atoms with Gasteiger partial charge in [0.15, 0.2) is 0 Å². The first kappa shape index (κ1) is 9.60. The van der Waals surface area contributed by atoms with Gasteiger partial charge in [0, 0.05) is 24.5 Å². The Morgan fingerprint density at radius 2 is 2.06 bits per heavy atom. The number of hydrogen-bond acceptors (Lipinski definition) is 3. The Bertz CT molecular complexity index is 509. The maximum atomic E-state index is 5.91. The van der Waals surface area contributed by atoms with Crippen LogP contribution >= 0.6 is 0 Å². The van der Waals surface area contributed by atoms with Crippen molar-refractivity contribution in [1.82, 2.24) is 4.98 Å². The molecule has 3 rings (SSSR count). The van der Waals surface area contributed by atoms with Gasteiger partial charge in [0.2, 0.25) is 0 Å². The number of hydrogen-bond donors (Lipinski definition) is 1. The topological polar surface area (TPSA) is 42.1 Å². The van der Waals surface area contributed by atoms with E-state index in [1.165, 1.54) is 5.39 Å². The first-order valence-corrected chi connectivity index (χ1v) is 5.69. The summed E-state index contributed by atoms with van der Waals surface area (Å²) in [5.74, 6) is 1.05. The summed E-state index contributed by atoms with van der Waals surface area (Å²) >= 11 is 0. The van der Waals surface area contributed by atoms with Gasteiger partial charge in [-0.2, -0.15) is 0 Å². The van der Waals surface area contributed by atoms with Crippen LogP contribution in [0.2, 0.25) is 0 Å². The van der Waals surface area contributed by atoms with E-state index in [4.69, 9.17) is 5.73 Å². The van der Waals surface area contributed by atoms with Gasteiger partial charge in [-0.1, -0.05) is 18.2 Å². The molecule has 1 aliphatic heterocycles. The lowest BCUT2D eigenvalue weighted by atomic mass is 10.2. The molecule has 3 heteroatoms. The van der Waals surface area contributed by atoms with Crippen molar-refractivity contribution in [1.29, 1.82) is 0 Å². The van der Waals surface area contributed by atoms with E-state index in [-0.39, 0.29) is 0 Å². The summed E-state index contributed by atoms with van der Waals surface area (Å²) in [7, 11) is 0. The number of para-hydroxylation sites is 1. The van der Waals surface area contributed by atoms with Crippen LogP contribution in [-0.2, 0) is 0 Å². The number of nitrogens with two attached hydrogens (primary N) is 1. The van der Waals surface area contributed by atoms with Crippen LogP contribution in [-0.4, -0.2) is 24.1 Å². The second kappa shape index (κ2) is 3.76. The summed E-state index contributed by atoms with van der Waals surface area (Å²) in [5.41, 5.74) is 6.96. The van der Waals surface area contributed by atoms with Crippen molar-refractivity contribution in [2.24, 2.45) is 5.73 Å².